The van der Waals surface area contributed by atoms with Crippen molar-refractivity contribution in [2.24, 2.45) is 0 Å². The fraction of sp³-hybridized carbons (Fsp3) is 0.158. The van der Waals surface area contributed by atoms with Gasteiger partial charge in [0.15, 0.2) is 0 Å². The van der Waals surface area contributed by atoms with Gasteiger partial charge in [0.1, 0.15) is 5.82 Å². The van der Waals surface area contributed by atoms with Crippen LogP contribution in [0.3, 0.4) is 0 Å². The Labute approximate surface area is 155 Å². The predicted octanol–water partition coefficient (Wildman–Crippen LogP) is 3.62. The van der Waals surface area contributed by atoms with Crippen LogP contribution in [-0.4, -0.2) is 29.0 Å². The summed E-state index contributed by atoms with van der Waals surface area (Å²) in [7, 11) is 1.09. The summed E-state index contributed by atoms with van der Waals surface area (Å²) < 4.78 is 17.5. The summed E-state index contributed by atoms with van der Waals surface area (Å²) in [6, 6.07) is 12.7. The van der Waals surface area contributed by atoms with Crippen LogP contribution >= 0.6 is 11.6 Å². The van der Waals surface area contributed by atoms with Gasteiger partial charge in [0.2, 0.25) is 5.76 Å². The highest BCUT2D eigenvalue weighted by molar-refractivity contribution is 6.31. The standard InChI is InChI=1S/C19H17ClFNO4/c1-26-19(25)17(23)10-18(24)22(11-13-6-8-15(21)9-7-13)12-14-4-2-3-5-16(14)20/h2-10,23H,11-12H2,1H3. The van der Waals surface area contributed by atoms with E-state index in [9.17, 15) is 19.1 Å². The zero-order chi connectivity index (χ0) is 19.1. The summed E-state index contributed by atoms with van der Waals surface area (Å²) in [6.45, 7) is 0.274. The Hall–Kier alpha value is -2.86. The molecule has 7 heteroatoms. The van der Waals surface area contributed by atoms with Gasteiger partial charge in [-0.25, -0.2) is 9.18 Å². The number of esters is 1. The number of aliphatic hydroxyl groups is 1. The van der Waals surface area contributed by atoms with Crippen molar-refractivity contribution in [3.8, 4) is 0 Å². The van der Waals surface area contributed by atoms with Gasteiger partial charge in [-0.05, 0) is 29.3 Å². The molecule has 2 rings (SSSR count). The van der Waals surface area contributed by atoms with Crippen molar-refractivity contribution < 1.29 is 23.8 Å². The van der Waals surface area contributed by atoms with Crippen molar-refractivity contribution in [2.45, 2.75) is 13.1 Å². The predicted molar refractivity (Wildman–Crippen MR) is 94.8 cm³/mol. The number of rotatable bonds is 6. The minimum atomic E-state index is -1.02. The molecule has 1 N–H and O–H groups in total. The number of hydrogen-bond donors (Lipinski definition) is 1. The normalized spacial score (nSPS) is 11.1. The van der Waals surface area contributed by atoms with E-state index in [1.54, 1.807) is 36.4 Å². The van der Waals surface area contributed by atoms with E-state index in [-0.39, 0.29) is 18.9 Å². The zero-order valence-corrected chi connectivity index (χ0v) is 14.7. The second kappa shape index (κ2) is 9.01. The first-order valence-electron chi connectivity index (χ1n) is 7.66. The minimum Gasteiger partial charge on any atom is -0.502 e. The quantitative estimate of drug-likeness (QED) is 0.474. The van der Waals surface area contributed by atoms with Gasteiger partial charge in [0.25, 0.3) is 5.91 Å². The number of hydrogen-bond acceptors (Lipinski definition) is 4. The summed E-state index contributed by atoms with van der Waals surface area (Å²) in [4.78, 5) is 25.2. The molecule has 0 radical (unpaired) electrons. The van der Waals surface area contributed by atoms with Crippen molar-refractivity contribution in [3.05, 3.63) is 82.3 Å². The smallest absolute Gasteiger partial charge is 0.373 e. The third-order valence-electron chi connectivity index (χ3n) is 3.57. The third-order valence-corrected chi connectivity index (χ3v) is 3.94. The Morgan fingerprint density at radius 2 is 1.81 bits per heavy atom. The van der Waals surface area contributed by atoms with Crippen LogP contribution < -0.4 is 0 Å². The molecule has 1 amide bonds. The number of ether oxygens (including phenoxy) is 1. The Balaban J connectivity index is 2.28. The summed E-state index contributed by atoms with van der Waals surface area (Å²) in [5.41, 5.74) is 1.37. The molecular weight excluding hydrogens is 361 g/mol. The van der Waals surface area contributed by atoms with E-state index >= 15 is 0 Å². The fourth-order valence-corrected chi connectivity index (χ4v) is 2.42. The van der Waals surface area contributed by atoms with Gasteiger partial charge in [-0.1, -0.05) is 41.9 Å². The molecule has 0 heterocycles. The summed E-state index contributed by atoms with van der Waals surface area (Å²) >= 11 is 6.15. The van der Waals surface area contributed by atoms with Crippen LogP contribution in [0.25, 0.3) is 0 Å². The average Bonchev–Trinajstić information content (AvgIpc) is 2.63. The number of amides is 1. The van der Waals surface area contributed by atoms with E-state index in [0.717, 1.165) is 13.2 Å². The van der Waals surface area contributed by atoms with E-state index in [0.29, 0.717) is 16.1 Å². The van der Waals surface area contributed by atoms with Crippen molar-refractivity contribution in [2.75, 3.05) is 7.11 Å². The molecule has 0 aromatic heterocycles. The van der Waals surface area contributed by atoms with Crippen molar-refractivity contribution in [3.63, 3.8) is 0 Å². The molecule has 0 atom stereocenters. The molecule has 0 saturated carbocycles. The molecule has 5 nitrogen and oxygen atoms in total. The molecule has 136 valence electrons. The summed E-state index contributed by atoms with van der Waals surface area (Å²) in [6.07, 6.45) is 0.784. The van der Waals surface area contributed by atoms with Gasteiger partial charge in [0.05, 0.1) is 13.2 Å². The fourth-order valence-electron chi connectivity index (χ4n) is 2.23. The Morgan fingerprint density at radius 3 is 2.42 bits per heavy atom. The molecular formula is C19H17ClFNO4. The highest BCUT2D eigenvalue weighted by Gasteiger charge is 2.17. The van der Waals surface area contributed by atoms with Crippen molar-refractivity contribution in [1.29, 1.82) is 0 Å². The number of benzene rings is 2. The summed E-state index contributed by atoms with van der Waals surface area (Å²) in [5, 5.41) is 10.1. The first-order chi connectivity index (χ1) is 12.4. The molecule has 0 unspecified atom stereocenters. The lowest BCUT2D eigenvalue weighted by atomic mass is 10.1. The minimum absolute atomic E-state index is 0.134. The average molecular weight is 378 g/mol. The number of aliphatic hydroxyl groups excluding tert-OH is 1. The first kappa shape index (κ1) is 19.5. The molecule has 0 fully saturated rings. The molecule has 0 bridgehead atoms. The van der Waals surface area contributed by atoms with Crippen LogP contribution in [0.2, 0.25) is 5.02 Å². The summed E-state index contributed by atoms with van der Waals surface area (Å²) in [5.74, 6) is -2.82. The van der Waals surface area contributed by atoms with E-state index in [2.05, 4.69) is 4.74 Å². The highest BCUT2D eigenvalue weighted by atomic mass is 35.5. The number of carbonyl (C=O) groups excluding carboxylic acids is 2. The van der Waals surface area contributed by atoms with E-state index in [1.165, 1.54) is 17.0 Å². The third kappa shape index (κ3) is 5.32. The highest BCUT2D eigenvalue weighted by Crippen LogP contribution is 2.19. The van der Waals surface area contributed by atoms with Crippen LogP contribution in [0.1, 0.15) is 11.1 Å². The lowest BCUT2D eigenvalue weighted by Gasteiger charge is -2.22. The van der Waals surface area contributed by atoms with E-state index < -0.39 is 17.6 Å². The molecule has 26 heavy (non-hydrogen) atoms. The topological polar surface area (TPSA) is 66.8 Å². The Morgan fingerprint density at radius 1 is 1.15 bits per heavy atom. The van der Waals surface area contributed by atoms with Gasteiger partial charge in [-0.15, -0.1) is 0 Å². The lowest BCUT2D eigenvalue weighted by molar-refractivity contribution is -0.139. The van der Waals surface area contributed by atoms with Crippen LogP contribution in [0.15, 0.2) is 60.4 Å². The number of carbonyl (C=O) groups is 2. The number of halogens is 2. The molecule has 0 saturated heterocycles. The largest absolute Gasteiger partial charge is 0.502 e. The maximum absolute atomic E-state index is 13.1. The van der Waals surface area contributed by atoms with E-state index in [1.807, 2.05) is 0 Å². The van der Waals surface area contributed by atoms with Gasteiger partial charge >= 0.3 is 5.97 Å². The van der Waals surface area contributed by atoms with Gasteiger partial charge in [0, 0.05) is 18.1 Å². The SMILES string of the molecule is COC(=O)C(O)=CC(=O)N(Cc1ccc(F)cc1)Cc1ccccc1Cl. The van der Waals surface area contributed by atoms with Crippen LogP contribution in [0.5, 0.6) is 0 Å². The van der Waals surface area contributed by atoms with Crippen molar-refractivity contribution >= 4 is 23.5 Å². The maximum Gasteiger partial charge on any atom is 0.373 e. The van der Waals surface area contributed by atoms with Crippen LogP contribution in [0, 0.1) is 5.82 Å². The van der Waals surface area contributed by atoms with Gasteiger partial charge in [-0.3, -0.25) is 4.79 Å². The van der Waals surface area contributed by atoms with Crippen LogP contribution in [-0.2, 0) is 27.4 Å². The first-order valence-corrected chi connectivity index (χ1v) is 8.04. The lowest BCUT2D eigenvalue weighted by Crippen LogP contribution is -2.29. The maximum atomic E-state index is 13.1. The van der Waals surface area contributed by atoms with Crippen LogP contribution in [0.4, 0.5) is 4.39 Å². The van der Waals surface area contributed by atoms with E-state index in [4.69, 9.17) is 11.6 Å². The Kier molecular flexibility index (Phi) is 6.74. The zero-order valence-electron chi connectivity index (χ0n) is 14.0. The Bertz CT molecular complexity index is 821. The molecule has 0 aliphatic carbocycles. The van der Waals surface area contributed by atoms with Gasteiger partial charge in [-0.2, -0.15) is 0 Å². The number of methoxy groups -OCH3 is 1. The van der Waals surface area contributed by atoms with Crippen molar-refractivity contribution in [1.82, 2.24) is 4.90 Å². The molecule has 0 aliphatic rings. The second-order valence-corrected chi connectivity index (χ2v) is 5.84. The second-order valence-electron chi connectivity index (χ2n) is 5.43. The molecule has 2 aromatic rings. The van der Waals surface area contributed by atoms with Gasteiger partial charge < -0.3 is 14.7 Å². The molecule has 2 aromatic carbocycles. The number of nitrogens with zero attached hydrogens (tertiary/aromatic N) is 1. The molecule has 0 aliphatic heterocycles. The molecule has 0 spiro atoms. The monoisotopic (exact) mass is 377 g/mol.